The van der Waals surface area contributed by atoms with E-state index in [0.717, 1.165) is 38.3 Å². The summed E-state index contributed by atoms with van der Waals surface area (Å²) in [6.45, 7) is 3.14. The quantitative estimate of drug-likeness (QED) is 0.893. The second kappa shape index (κ2) is 6.54. The standard InChI is InChI=1S/C13H18F2N2O/c14-13(15)10-18-12-5-2-1-4-11(12)17-8-3-6-16-7-9-17/h1-2,4-5,13,16H,3,6-10H2. The Morgan fingerprint density at radius 3 is 2.89 bits per heavy atom. The third kappa shape index (κ3) is 3.57. The van der Waals surface area contributed by atoms with E-state index >= 15 is 0 Å². The van der Waals surface area contributed by atoms with E-state index in [1.165, 1.54) is 0 Å². The molecule has 1 fully saturated rings. The SMILES string of the molecule is FC(F)COc1ccccc1N1CCCNCC1. The Morgan fingerprint density at radius 2 is 2.06 bits per heavy atom. The van der Waals surface area contributed by atoms with Crippen LogP contribution in [0.2, 0.25) is 0 Å². The van der Waals surface area contributed by atoms with Gasteiger partial charge in [-0.1, -0.05) is 12.1 Å². The lowest BCUT2D eigenvalue weighted by Crippen LogP contribution is -2.28. The Kier molecular flexibility index (Phi) is 4.75. The van der Waals surface area contributed by atoms with Crippen molar-refractivity contribution in [3.05, 3.63) is 24.3 Å². The van der Waals surface area contributed by atoms with Gasteiger partial charge in [-0.25, -0.2) is 8.78 Å². The van der Waals surface area contributed by atoms with Crippen LogP contribution in [0.25, 0.3) is 0 Å². The molecule has 1 aliphatic heterocycles. The van der Waals surface area contributed by atoms with Gasteiger partial charge in [-0.05, 0) is 25.1 Å². The summed E-state index contributed by atoms with van der Waals surface area (Å²) in [7, 11) is 0. The summed E-state index contributed by atoms with van der Waals surface area (Å²) in [4.78, 5) is 2.18. The number of nitrogens with zero attached hydrogens (tertiary/aromatic N) is 1. The van der Waals surface area contributed by atoms with Crippen molar-refractivity contribution in [2.45, 2.75) is 12.8 Å². The molecule has 5 heteroatoms. The zero-order valence-corrected chi connectivity index (χ0v) is 10.2. The van der Waals surface area contributed by atoms with Crippen LogP contribution in [0.15, 0.2) is 24.3 Å². The van der Waals surface area contributed by atoms with Crippen molar-refractivity contribution in [3.8, 4) is 5.75 Å². The minimum Gasteiger partial charge on any atom is -0.485 e. The third-order valence-corrected chi connectivity index (χ3v) is 2.91. The second-order valence-electron chi connectivity index (χ2n) is 4.26. The summed E-state index contributed by atoms with van der Waals surface area (Å²) in [5, 5.41) is 3.31. The number of halogens is 2. The second-order valence-corrected chi connectivity index (χ2v) is 4.26. The lowest BCUT2D eigenvalue weighted by atomic mass is 10.2. The maximum atomic E-state index is 12.2. The lowest BCUT2D eigenvalue weighted by Gasteiger charge is -2.24. The fraction of sp³-hybridized carbons (Fsp3) is 0.538. The van der Waals surface area contributed by atoms with Gasteiger partial charge in [0.2, 0.25) is 0 Å². The van der Waals surface area contributed by atoms with Gasteiger partial charge in [0.15, 0.2) is 0 Å². The molecule has 100 valence electrons. The van der Waals surface area contributed by atoms with Crippen molar-refractivity contribution in [2.24, 2.45) is 0 Å². The van der Waals surface area contributed by atoms with Crippen LogP contribution >= 0.6 is 0 Å². The first kappa shape index (κ1) is 13.1. The highest BCUT2D eigenvalue weighted by Crippen LogP contribution is 2.28. The number of ether oxygens (including phenoxy) is 1. The zero-order valence-electron chi connectivity index (χ0n) is 10.2. The molecule has 0 aliphatic carbocycles. The van der Waals surface area contributed by atoms with Gasteiger partial charge in [-0.3, -0.25) is 0 Å². The predicted molar refractivity (Wildman–Crippen MR) is 67.6 cm³/mol. The highest BCUT2D eigenvalue weighted by molar-refractivity contribution is 5.58. The fourth-order valence-corrected chi connectivity index (χ4v) is 2.08. The van der Waals surface area contributed by atoms with E-state index in [-0.39, 0.29) is 0 Å². The smallest absolute Gasteiger partial charge is 0.272 e. The van der Waals surface area contributed by atoms with E-state index in [0.29, 0.717) is 5.75 Å². The normalized spacial score (nSPS) is 16.7. The van der Waals surface area contributed by atoms with Crippen molar-refractivity contribution in [2.75, 3.05) is 37.7 Å². The van der Waals surface area contributed by atoms with Crippen LogP contribution in [-0.2, 0) is 0 Å². The van der Waals surface area contributed by atoms with Crippen LogP contribution in [0.4, 0.5) is 14.5 Å². The van der Waals surface area contributed by atoms with Crippen LogP contribution in [0.5, 0.6) is 5.75 Å². The van der Waals surface area contributed by atoms with Crippen molar-refractivity contribution < 1.29 is 13.5 Å². The minimum absolute atomic E-state index is 0.541. The number of anilines is 1. The summed E-state index contributed by atoms with van der Waals surface area (Å²) in [5.41, 5.74) is 0.904. The maximum absolute atomic E-state index is 12.2. The average molecular weight is 256 g/mol. The molecule has 0 bridgehead atoms. The van der Waals surface area contributed by atoms with E-state index in [9.17, 15) is 8.78 Å². The van der Waals surface area contributed by atoms with Gasteiger partial charge < -0.3 is 15.0 Å². The molecule has 0 spiro atoms. The molecule has 0 saturated carbocycles. The summed E-state index contributed by atoms with van der Waals surface area (Å²) in [5.74, 6) is 0.541. The van der Waals surface area contributed by atoms with Crippen LogP contribution in [0, 0.1) is 0 Å². The molecular formula is C13H18F2N2O. The Balaban J connectivity index is 2.09. The number of hydrogen-bond acceptors (Lipinski definition) is 3. The third-order valence-electron chi connectivity index (χ3n) is 2.91. The van der Waals surface area contributed by atoms with Crippen LogP contribution < -0.4 is 15.0 Å². The van der Waals surface area contributed by atoms with Gasteiger partial charge in [-0.2, -0.15) is 0 Å². The van der Waals surface area contributed by atoms with Crippen LogP contribution in [-0.4, -0.2) is 39.2 Å². The Labute approximate surface area is 106 Å². The largest absolute Gasteiger partial charge is 0.485 e. The molecule has 1 aromatic carbocycles. The summed E-state index contributed by atoms with van der Waals surface area (Å²) in [6, 6.07) is 7.38. The van der Waals surface area contributed by atoms with Gasteiger partial charge in [-0.15, -0.1) is 0 Å². The molecule has 18 heavy (non-hydrogen) atoms. The number of rotatable bonds is 4. The first-order valence-electron chi connectivity index (χ1n) is 6.23. The first-order valence-corrected chi connectivity index (χ1v) is 6.23. The topological polar surface area (TPSA) is 24.5 Å². The van der Waals surface area contributed by atoms with E-state index in [2.05, 4.69) is 10.2 Å². The molecule has 2 rings (SSSR count). The average Bonchev–Trinajstić information content (AvgIpc) is 2.65. The fourth-order valence-electron chi connectivity index (χ4n) is 2.08. The minimum atomic E-state index is -2.44. The predicted octanol–water partition coefficient (Wildman–Crippen LogP) is 2.13. The number of nitrogens with one attached hydrogen (secondary N) is 1. The molecule has 1 N–H and O–H groups in total. The van der Waals surface area contributed by atoms with Gasteiger partial charge >= 0.3 is 0 Å². The van der Waals surface area contributed by atoms with E-state index < -0.39 is 13.0 Å². The highest BCUT2D eigenvalue weighted by Gasteiger charge is 2.14. The molecule has 0 amide bonds. The molecule has 1 heterocycles. The molecule has 1 aromatic rings. The number of para-hydroxylation sites is 2. The molecule has 3 nitrogen and oxygen atoms in total. The van der Waals surface area contributed by atoms with Crippen molar-refractivity contribution in [1.29, 1.82) is 0 Å². The highest BCUT2D eigenvalue weighted by atomic mass is 19.3. The number of alkyl halides is 2. The van der Waals surface area contributed by atoms with Gasteiger partial charge in [0, 0.05) is 19.6 Å². The Hall–Kier alpha value is -1.36. The van der Waals surface area contributed by atoms with Gasteiger partial charge in [0.05, 0.1) is 5.69 Å². The Morgan fingerprint density at radius 1 is 1.22 bits per heavy atom. The molecule has 0 radical (unpaired) electrons. The monoisotopic (exact) mass is 256 g/mol. The molecule has 0 atom stereocenters. The number of benzene rings is 1. The van der Waals surface area contributed by atoms with Crippen molar-refractivity contribution >= 4 is 5.69 Å². The van der Waals surface area contributed by atoms with E-state index in [4.69, 9.17) is 4.74 Å². The lowest BCUT2D eigenvalue weighted by molar-refractivity contribution is 0.0821. The zero-order chi connectivity index (χ0) is 12.8. The van der Waals surface area contributed by atoms with Gasteiger partial charge in [0.25, 0.3) is 6.43 Å². The molecule has 0 unspecified atom stereocenters. The maximum Gasteiger partial charge on any atom is 0.272 e. The van der Waals surface area contributed by atoms with Gasteiger partial charge in [0.1, 0.15) is 12.4 Å². The molecule has 1 saturated heterocycles. The number of hydrogen-bond donors (Lipinski definition) is 1. The van der Waals surface area contributed by atoms with E-state index in [1.54, 1.807) is 12.1 Å². The Bertz CT molecular complexity index is 366. The van der Waals surface area contributed by atoms with Crippen LogP contribution in [0.1, 0.15) is 6.42 Å². The molecule has 1 aliphatic rings. The molecular weight excluding hydrogens is 238 g/mol. The summed E-state index contributed by atoms with van der Waals surface area (Å²) in [6.07, 6.45) is -1.40. The van der Waals surface area contributed by atoms with Crippen molar-refractivity contribution in [3.63, 3.8) is 0 Å². The van der Waals surface area contributed by atoms with E-state index in [1.807, 2.05) is 12.1 Å². The summed E-state index contributed by atoms with van der Waals surface area (Å²) < 4.78 is 29.6. The molecule has 0 aromatic heterocycles. The summed E-state index contributed by atoms with van der Waals surface area (Å²) >= 11 is 0. The van der Waals surface area contributed by atoms with Crippen molar-refractivity contribution in [1.82, 2.24) is 5.32 Å². The van der Waals surface area contributed by atoms with Crippen LogP contribution in [0.3, 0.4) is 0 Å². The first-order chi connectivity index (χ1) is 8.77.